The first-order chi connectivity index (χ1) is 9.99. The van der Waals surface area contributed by atoms with E-state index in [1.165, 1.54) is 0 Å². The van der Waals surface area contributed by atoms with E-state index in [-0.39, 0.29) is 30.2 Å². The minimum atomic E-state index is -1.30. The number of carbonyl (C=O) groups excluding carboxylic acids is 2. The predicted octanol–water partition coefficient (Wildman–Crippen LogP) is 0.520. The summed E-state index contributed by atoms with van der Waals surface area (Å²) in [5.41, 5.74) is -0.906. The Morgan fingerprint density at radius 2 is 1.68 bits per heavy atom. The average Bonchev–Trinajstić information content (AvgIpc) is 2.41. The number of rotatable bonds is 9. The molecule has 0 rings (SSSR count). The number of hydrogen-bond donors (Lipinski definition) is 4. The van der Waals surface area contributed by atoms with Crippen LogP contribution in [0.5, 0.6) is 0 Å². The second kappa shape index (κ2) is 9.37. The summed E-state index contributed by atoms with van der Waals surface area (Å²) in [5, 5.41) is 24.2. The fourth-order valence-corrected chi connectivity index (χ4v) is 2.29. The lowest BCUT2D eigenvalue weighted by atomic mass is 9.87. The Labute approximate surface area is 137 Å². The van der Waals surface area contributed by atoms with Crippen LogP contribution in [-0.2, 0) is 9.59 Å². The van der Waals surface area contributed by atoms with E-state index in [1.54, 1.807) is 25.6 Å². The van der Waals surface area contributed by atoms with Crippen LogP contribution in [0.15, 0.2) is 0 Å². The van der Waals surface area contributed by atoms with Crippen LogP contribution >= 0.6 is 11.8 Å². The maximum atomic E-state index is 11.7. The molecule has 6 nitrogen and oxygen atoms in total. The molecule has 22 heavy (non-hydrogen) atoms. The fourth-order valence-electron chi connectivity index (χ4n) is 1.47. The van der Waals surface area contributed by atoms with Crippen molar-refractivity contribution in [3.63, 3.8) is 0 Å². The SMILES string of the molecule is CC(C)(C)SCCNC(=O)CCNC(=O)[C@H](O)C(C)(C)CO. The number of hydrogen-bond acceptors (Lipinski definition) is 5. The quantitative estimate of drug-likeness (QED) is 0.461. The summed E-state index contributed by atoms with van der Waals surface area (Å²) in [7, 11) is 0. The third kappa shape index (κ3) is 9.27. The van der Waals surface area contributed by atoms with Gasteiger partial charge in [0, 0.05) is 35.4 Å². The molecule has 0 unspecified atom stereocenters. The Morgan fingerprint density at radius 1 is 1.09 bits per heavy atom. The first-order valence-corrected chi connectivity index (χ1v) is 8.45. The number of thioether (sulfide) groups is 1. The van der Waals surface area contributed by atoms with Crippen molar-refractivity contribution >= 4 is 23.6 Å². The molecular formula is C15H30N2O4S. The van der Waals surface area contributed by atoms with Gasteiger partial charge in [0.05, 0.1) is 6.61 Å². The maximum Gasteiger partial charge on any atom is 0.249 e. The smallest absolute Gasteiger partial charge is 0.249 e. The zero-order valence-corrected chi connectivity index (χ0v) is 15.0. The van der Waals surface area contributed by atoms with Crippen molar-refractivity contribution in [2.24, 2.45) is 5.41 Å². The highest BCUT2D eigenvalue weighted by Gasteiger charge is 2.32. The first kappa shape index (κ1) is 21.2. The number of nitrogens with one attached hydrogen (secondary N) is 2. The molecule has 0 aliphatic carbocycles. The maximum absolute atomic E-state index is 11.7. The molecule has 0 fully saturated rings. The van der Waals surface area contributed by atoms with Gasteiger partial charge in [0.2, 0.25) is 11.8 Å². The van der Waals surface area contributed by atoms with Gasteiger partial charge in [0.15, 0.2) is 0 Å². The van der Waals surface area contributed by atoms with Crippen LogP contribution in [0.2, 0.25) is 0 Å². The molecule has 1 atom stereocenters. The minimum absolute atomic E-state index is 0.134. The monoisotopic (exact) mass is 334 g/mol. The van der Waals surface area contributed by atoms with Crippen LogP contribution in [0, 0.1) is 5.41 Å². The third-order valence-corrected chi connectivity index (χ3v) is 4.28. The molecule has 0 aromatic carbocycles. The summed E-state index contributed by atoms with van der Waals surface area (Å²) >= 11 is 1.77. The molecule has 0 aliphatic heterocycles. The van der Waals surface area contributed by atoms with E-state index in [2.05, 4.69) is 31.4 Å². The van der Waals surface area contributed by atoms with Gasteiger partial charge in [-0.15, -0.1) is 0 Å². The van der Waals surface area contributed by atoms with Gasteiger partial charge in [0.25, 0.3) is 0 Å². The predicted molar refractivity (Wildman–Crippen MR) is 89.7 cm³/mol. The van der Waals surface area contributed by atoms with E-state index < -0.39 is 17.4 Å². The van der Waals surface area contributed by atoms with Gasteiger partial charge in [-0.25, -0.2) is 0 Å². The van der Waals surface area contributed by atoms with Gasteiger partial charge in [-0.05, 0) is 0 Å². The summed E-state index contributed by atoms with van der Waals surface area (Å²) < 4.78 is 0.175. The lowest BCUT2D eigenvalue weighted by Crippen LogP contribution is -2.46. The van der Waals surface area contributed by atoms with Crippen molar-refractivity contribution in [3.8, 4) is 0 Å². The van der Waals surface area contributed by atoms with Gasteiger partial charge >= 0.3 is 0 Å². The van der Waals surface area contributed by atoms with Gasteiger partial charge in [-0.3, -0.25) is 9.59 Å². The molecule has 0 aromatic heterocycles. The van der Waals surface area contributed by atoms with E-state index in [1.807, 2.05) is 0 Å². The zero-order chi connectivity index (χ0) is 17.4. The van der Waals surface area contributed by atoms with Crippen LogP contribution < -0.4 is 10.6 Å². The molecule has 7 heteroatoms. The lowest BCUT2D eigenvalue weighted by molar-refractivity contribution is -0.137. The van der Waals surface area contributed by atoms with Crippen LogP contribution in [0.25, 0.3) is 0 Å². The van der Waals surface area contributed by atoms with Gasteiger partial charge in [-0.2, -0.15) is 11.8 Å². The van der Waals surface area contributed by atoms with Crippen LogP contribution in [-0.4, -0.2) is 58.3 Å². The van der Waals surface area contributed by atoms with Crippen LogP contribution in [0.3, 0.4) is 0 Å². The summed E-state index contributed by atoms with van der Waals surface area (Å²) in [6, 6.07) is 0. The van der Waals surface area contributed by atoms with Gasteiger partial charge in [0.1, 0.15) is 6.10 Å². The second-order valence-electron chi connectivity index (χ2n) is 6.90. The largest absolute Gasteiger partial charge is 0.396 e. The number of amides is 2. The van der Waals surface area contributed by atoms with Crippen molar-refractivity contribution in [2.75, 3.05) is 25.4 Å². The molecule has 0 bridgehead atoms. The first-order valence-electron chi connectivity index (χ1n) is 7.47. The standard InChI is InChI=1S/C15H30N2O4S/c1-14(2,3)22-9-8-16-11(19)6-7-17-13(21)12(20)15(4,5)10-18/h12,18,20H,6-10H2,1-5H3,(H,16,19)(H,17,21)/t12-/m0/s1. The summed E-state index contributed by atoms with van der Waals surface area (Å²) in [5.74, 6) is 0.131. The number of aliphatic hydroxyl groups excluding tert-OH is 2. The van der Waals surface area contributed by atoms with Crippen molar-refractivity contribution in [1.29, 1.82) is 0 Å². The fraction of sp³-hybridized carbons (Fsp3) is 0.867. The van der Waals surface area contributed by atoms with E-state index in [9.17, 15) is 14.7 Å². The van der Waals surface area contributed by atoms with E-state index in [0.717, 1.165) is 5.75 Å². The Kier molecular flexibility index (Phi) is 9.04. The molecule has 0 saturated carbocycles. The third-order valence-electron chi connectivity index (χ3n) is 3.01. The zero-order valence-electron chi connectivity index (χ0n) is 14.2. The topological polar surface area (TPSA) is 98.7 Å². The Bertz CT molecular complexity index is 367. The summed E-state index contributed by atoms with van der Waals surface area (Å²) in [4.78, 5) is 23.3. The Hall–Kier alpha value is -0.790. The second-order valence-corrected chi connectivity index (χ2v) is 8.82. The highest BCUT2D eigenvalue weighted by atomic mass is 32.2. The van der Waals surface area contributed by atoms with Crippen LogP contribution in [0.4, 0.5) is 0 Å². The highest BCUT2D eigenvalue weighted by Crippen LogP contribution is 2.22. The van der Waals surface area contributed by atoms with Crippen molar-refractivity contribution in [1.82, 2.24) is 10.6 Å². The lowest BCUT2D eigenvalue weighted by Gasteiger charge is -2.27. The van der Waals surface area contributed by atoms with E-state index >= 15 is 0 Å². The molecule has 0 aliphatic rings. The number of carbonyl (C=O) groups is 2. The van der Waals surface area contributed by atoms with Crippen molar-refractivity contribution in [3.05, 3.63) is 0 Å². The van der Waals surface area contributed by atoms with Crippen molar-refractivity contribution in [2.45, 2.75) is 51.9 Å². The molecule has 0 heterocycles. The molecular weight excluding hydrogens is 304 g/mol. The van der Waals surface area contributed by atoms with E-state index in [4.69, 9.17) is 5.11 Å². The van der Waals surface area contributed by atoms with Gasteiger partial charge in [-0.1, -0.05) is 34.6 Å². The molecule has 0 radical (unpaired) electrons. The summed E-state index contributed by atoms with van der Waals surface area (Å²) in [6.07, 6.45) is -1.14. The molecule has 0 spiro atoms. The molecule has 4 N–H and O–H groups in total. The number of aliphatic hydroxyl groups is 2. The average molecular weight is 334 g/mol. The summed E-state index contributed by atoms with van der Waals surface area (Å²) in [6.45, 7) is 10.0. The van der Waals surface area contributed by atoms with Crippen LogP contribution in [0.1, 0.15) is 41.0 Å². The van der Waals surface area contributed by atoms with Gasteiger partial charge < -0.3 is 20.8 Å². The molecule has 0 saturated heterocycles. The molecule has 2 amide bonds. The van der Waals surface area contributed by atoms with Crippen molar-refractivity contribution < 1.29 is 19.8 Å². The molecule has 130 valence electrons. The normalized spacial score (nSPS) is 13.6. The minimum Gasteiger partial charge on any atom is -0.396 e. The Balaban J connectivity index is 3.87. The molecule has 0 aromatic rings. The Morgan fingerprint density at radius 3 is 2.18 bits per heavy atom. The van der Waals surface area contributed by atoms with E-state index in [0.29, 0.717) is 6.54 Å². The highest BCUT2D eigenvalue weighted by molar-refractivity contribution is 8.00.